The average molecular weight is 414 g/mol. The predicted molar refractivity (Wildman–Crippen MR) is 99.9 cm³/mol. The number of benzene rings is 2. The Hall–Kier alpha value is -2.69. The Balaban J connectivity index is 2.43. The highest BCUT2D eigenvalue weighted by molar-refractivity contribution is 7.89. The quantitative estimate of drug-likeness (QED) is 0.574. The normalized spacial score (nSPS) is 11.3. The molecule has 0 atom stereocenters. The first-order valence-corrected chi connectivity index (χ1v) is 9.25. The minimum absolute atomic E-state index is 0.0211. The number of amides is 1. The van der Waals surface area contributed by atoms with Crippen LogP contribution in [0.25, 0.3) is 0 Å². The van der Waals surface area contributed by atoms with E-state index in [-0.39, 0.29) is 32.6 Å². The van der Waals surface area contributed by atoms with Crippen LogP contribution in [0.5, 0.6) is 5.75 Å². The van der Waals surface area contributed by atoms with E-state index < -0.39 is 20.9 Å². The summed E-state index contributed by atoms with van der Waals surface area (Å²) >= 11 is 5.95. The number of non-ortho nitro benzene ring substituents is 1. The van der Waals surface area contributed by atoms with Crippen molar-refractivity contribution >= 4 is 38.9 Å². The van der Waals surface area contributed by atoms with Crippen molar-refractivity contribution < 1.29 is 22.9 Å². The Bertz CT molecular complexity index is 1010. The van der Waals surface area contributed by atoms with Crippen LogP contribution in [0.15, 0.2) is 41.3 Å². The van der Waals surface area contributed by atoms with Crippen molar-refractivity contribution in [3.05, 3.63) is 57.1 Å². The van der Waals surface area contributed by atoms with Crippen molar-refractivity contribution in [3.63, 3.8) is 0 Å². The van der Waals surface area contributed by atoms with Gasteiger partial charge in [0.1, 0.15) is 10.6 Å². The van der Waals surface area contributed by atoms with Gasteiger partial charge >= 0.3 is 0 Å². The largest absolute Gasteiger partial charge is 0.495 e. The number of hydrogen-bond acceptors (Lipinski definition) is 6. The molecule has 0 aliphatic heterocycles. The van der Waals surface area contributed by atoms with Gasteiger partial charge in [0.25, 0.3) is 11.6 Å². The number of nitro groups is 1. The Morgan fingerprint density at radius 2 is 1.89 bits per heavy atom. The molecule has 0 aliphatic carbocycles. The minimum Gasteiger partial charge on any atom is -0.495 e. The Morgan fingerprint density at radius 3 is 2.44 bits per heavy atom. The highest BCUT2D eigenvalue weighted by Gasteiger charge is 2.23. The number of carbonyl (C=O) groups excluding carboxylic acids is 1. The summed E-state index contributed by atoms with van der Waals surface area (Å²) in [4.78, 5) is 22.5. The van der Waals surface area contributed by atoms with Gasteiger partial charge in [0.05, 0.1) is 22.6 Å². The SMILES string of the molecule is COc1ccc(NC(=O)c2cc([N+](=O)[O-])ccc2Cl)cc1S(=O)(=O)N(C)C. The fourth-order valence-corrected chi connectivity index (χ4v) is 3.43. The molecule has 0 saturated heterocycles. The smallest absolute Gasteiger partial charge is 0.270 e. The molecular formula is C16H16ClN3O6S. The number of nitrogens with one attached hydrogen (secondary N) is 1. The first-order chi connectivity index (χ1) is 12.6. The maximum Gasteiger partial charge on any atom is 0.270 e. The molecule has 2 aromatic rings. The minimum atomic E-state index is -3.83. The molecule has 0 radical (unpaired) electrons. The molecule has 0 heterocycles. The van der Waals surface area contributed by atoms with Crippen molar-refractivity contribution in [1.82, 2.24) is 4.31 Å². The fourth-order valence-electron chi connectivity index (χ4n) is 2.15. The van der Waals surface area contributed by atoms with Crippen LogP contribution >= 0.6 is 11.6 Å². The summed E-state index contributed by atoms with van der Waals surface area (Å²) in [7, 11) is 0.225. The van der Waals surface area contributed by atoms with Crippen LogP contribution in [0.3, 0.4) is 0 Å². The number of nitro benzene ring substituents is 1. The molecule has 0 saturated carbocycles. The third-order valence-corrected chi connectivity index (χ3v) is 5.75. The van der Waals surface area contributed by atoms with Gasteiger partial charge in [-0.1, -0.05) is 11.6 Å². The molecule has 144 valence electrons. The molecule has 0 bridgehead atoms. The van der Waals surface area contributed by atoms with E-state index in [0.29, 0.717) is 0 Å². The molecule has 2 rings (SSSR count). The number of hydrogen-bond donors (Lipinski definition) is 1. The maximum absolute atomic E-state index is 12.4. The van der Waals surface area contributed by atoms with Crippen LogP contribution in [-0.4, -0.2) is 44.8 Å². The molecule has 1 N–H and O–H groups in total. The molecular weight excluding hydrogens is 398 g/mol. The fraction of sp³-hybridized carbons (Fsp3) is 0.188. The second-order valence-corrected chi connectivity index (χ2v) is 8.06. The number of sulfonamides is 1. The summed E-state index contributed by atoms with van der Waals surface area (Å²) in [5, 5.41) is 13.4. The number of halogens is 1. The zero-order valence-electron chi connectivity index (χ0n) is 14.6. The number of anilines is 1. The summed E-state index contributed by atoms with van der Waals surface area (Å²) in [6, 6.07) is 7.52. The zero-order valence-corrected chi connectivity index (χ0v) is 16.2. The highest BCUT2D eigenvalue weighted by atomic mass is 35.5. The van der Waals surface area contributed by atoms with Gasteiger partial charge in [0.15, 0.2) is 0 Å². The van der Waals surface area contributed by atoms with Crippen LogP contribution in [0, 0.1) is 10.1 Å². The first kappa shape index (κ1) is 20.6. The summed E-state index contributed by atoms with van der Waals surface area (Å²) in [5.41, 5.74) is -0.252. The average Bonchev–Trinajstić information content (AvgIpc) is 2.61. The molecule has 0 aromatic heterocycles. The number of carbonyl (C=O) groups is 1. The van der Waals surface area contributed by atoms with Gasteiger partial charge < -0.3 is 10.1 Å². The van der Waals surface area contributed by atoms with E-state index in [0.717, 1.165) is 10.4 Å². The maximum atomic E-state index is 12.4. The molecule has 9 nitrogen and oxygen atoms in total. The lowest BCUT2D eigenvalue weighted by Gasteiger charge is -2.16. The third-order valence-electron chi connectivity index (χ3n) is 3.59. The van der Waals surface area contributed by atoms with Gasteiger partial charge in [0, 0.05) is 31.9 Å². The van der Waals surface area contributed by atoms with E-state index in [1.807, 2.05) is 0 Å². The lowest BCUT2D eigenvalue weighted by atomic mass is 10.2. The van der Waals surface area contributed by atoms with E-state index in [1.165, 1.54) is 51.5 Å². The van der Waals surface area contributed by atoms with Crippen molar-refractivity contribution in [2.45, 2.75) is 4.90 Å². The molecule has 0 fully saturated rings. The number of methoxy groups -OCH3 is 1. The van der Waals surface area contributed by atoms with Crippen LogP contribution in [0.1, 0.15) is 10.4 Å². The van der Waals surface area contributed by atoms with Gasteiger partial charge in [-0.05, 0) is 24.3 Å². The number of rotatable bonds is 6. The number of ether oxygens (including phenoxy) is 1. The highest BCUT2D eigenvalue weighted by Crippen LogP contribution is 2.30. The number of nitrogens with zero attached hydrogens (tertiary/aromatic N) is 2. The lowest BCUT2D eigenvalue weighted by Crippen LogP contribution is -2.23. The van der Waals surface area contributed by atoms with E-state index in [4.69, 9.17) is 16.3 Å². The van der Waals surface area contributed by atoms with Crippen LogP contribution in [0.4, 0.5) is 11.4 Å². The van der Waals surface area contributed by atoms with Gasteiger partial charge in [-0.3, -0.25) is 14.9 Å². The summed E-state index contributed by atoms with van der Waals surface area (Å²) in [5.74, 6) is -0.614. The Labute approximate surface area is 160 Å². The molecule has 0 spiro atoms. The standard InChI is InChI=1S/C16H16ClN3O6S/c1-19(2)27(24,25)15-8-10(4-7-14(15)26-3)18-16(21)12-9-11(20(22)23)5-6-13(12)17/h4-9H,1-3H3,(H,18,21). The van der Waals surface area contributed by atoms with Gasteiger partial charge in [-0.15, -0.1) is 0 Å². The summed E-state index contributed by atoms with van der Waals surface area (Å²) < 4.78 is 30.9. The van der Waals surface area contributed by atoms with Gasteiger partial charge in [-0.2, -0.15) is 0 Å². The Morgan fingerprint density at radius 1 is 1.22 bits per heavy atom. The molecule has 1 amide bonds. The second kappa shape index (κ2) is 7.91. The van der Waals surface area contributed by atoms with Crippen molar-refractivity contribution in [2.24, 2.45) is 0 Å². The molecule has 2 aromatic carbocycles. The monoisotopic (exact) mass is 413 g/mol. The molecule has 0 unspecified atom stereocenters. The second-order valence-electron chi connectivity index (χ2n) is 5.53. The van der Waals surface area contributed by atoms with Crippen LogP contribution in [-0.2, 0) is 10.0 Å². The van der Waals surface area contributed by atoms with Crippen molar-refractivity contribution in [2.75, 3.05) is 26.5 Å². The summed E-state index contributed by atoms with van der Waals surface area (Å²) in [6.07, 6.45) is 0. The lowest BCUT2D eigenvalue weighted by molar-refractivity contribution is -0.384. The van der Waals surface area contributed by atoms with E-state index in [1.54, 1.807) is 0 Å². The molecule has 11 heteroatoms. The van der Waals surface area contributed by atoms with E-state index in [9.17, 15) is 23.3 Å². The van der Waals surface area contributed by atoms with Gasteiger partial charge in [-0.25, -0.2) is 12.7 Å². The third kappa shape index (κ3) is 4.35. The zero-order chi connectivity index (χ0) is 20.4. The van der Waals surface area contributed by atoms with E-state index in [2.05, 4.69) is 5.32 Å². The molecule has 27 heavy (non-hydrogen) atoms. The van der Waals surface area contributed by atoms with Crippen molar-refractivity contribution in [3.8, 4) is 5.75 Å². The predicted octanol–water partition coefficient (Wildman–Crippen LogP) is 2.76. The van der Waals surface area contributed by atoms with Crippen LogP contribution in [0.2, 0.25) is 5.02 Å². The summed E-state index contributed by atoms with van der Waals surface area (Å²) in [6.45, 7) is 0. The molecule has 0 aliphatic rings. The van der Waals surface area contributed by atoms with Crippen molar-refractivity contribution in [1.29, 1.82) is 0 Å². The van der Waals surface area contributed by atoms with Crippen LogP contribution < -0.4 is 10.1 Å². The van der Waals surface area contributed by atoms with Gasteiger partial charge in [0.2, 0.25) is 10.0 Å². The first-order valence-electron chi connectivity index (χ1n) is 7.43. The van der Waals surface area contributed by atoms with E-state index >= 15 is 0 Å². The Kier molecular flexibility index (Phi) is 6.04. The topological polar surface area (TPSA) is 119 Å².